The standard InChI is InChI=1S/C15H22FNO5/c1-15(2,3)22-14(21)17-7-12(19)13(20)10-5-4-9(8-18)6-11(10)16/h4-6,12-13,18-20H,7-8H2,1-3H3,(H,17,21). The monoisotopic (exact) mass is 315 g/mol. The fraction of sp³-hybridized carbons (Fsp3) is 0.533. The molecule has 0 radical (unpaired) electrons. The van der Waals surface area contributed by atoms with Crippen molar-refractivity contribution in [1.29, 1.82) is 0 Å². The summed E-state index contributed by atoms with van der Waals surface area (Å²) in [5, 5.41) is 31.0. The minimum Gasteiger partial charge on any atom is -0.444 e. The van der Waals surface area contributed by atoms with Crippen molar-refractivity contribution < 1.29 is 29.2 Å². The quantitative estimate of drug-likeness (QED) is 0.655. The maximum Gasteiger partial charge on any atom is 0.407 e. The largest absolute Gasteiger partial charge is 0.444 e. The Balaban J connectivity index is 2.62. The highest BCUT2D eigenvalue weighted by atomic mass is 19.1. The third kappa shape index (κ3) is 5.59. The van der Waals surface area contributed by atoms with Gasteiger partial charge in [-0.3, -0.25) is 0 Å². The van der Waals surface area contributed by atoms with Crippen LogP contribution in [0.4, 0.5) is 9.18 Å². The summed E-state index contributed by atoms with van der Waals surface area (Å²) in [5.41, 5.74) is -0.439. The van der Waals surface area contributed by atoms with Crippen molar-refractivity contribution in [3.8, 4) is 0 Å². The molecule has 124 valence electrons. The number of carbonyl (C=O) groups excluding carboxylic acids is 1. The topological polar surface area (TPSA) is 99.0 Å². The number of aliphatic hydroxyl groups is 3. The number of benzene rings is 1. The van der Waals surface area contributed by atoms with Crippen LogP contribution in [0.25, 0.3) is 0 Å². The van der Waals surface area contributed by atoms with Gasteiger partial charge in [0.25, 0.3) is 0 Å². The maximum absolute atomic E-state index is 13.8. The molecule has 22 heavy (non-hydrogen) atoms. The van der Waals surface area contributed by atoms with E-state index in [2.05, 4.69) is 5.32 Å². The van der Waals surface area contributed by atoms with E-state index in [4.69, 9.17) is 9.84 Å². The van der Waals surface area contributed by atoms with Crippen molar-refractivity contribution in [3.05, 3.63) is 35.1 Å². The first-order chi connectivity index (χ1) is 10.1. The fourth-order valence-corrected chi connectivity index (χ4v) is 1.73. The zero-order valence-electron chi connectivity index (χ0n) is 12.8. The summed E-state index contributed by atoms with van der Waals surface area (Å²) in [5.74, 6) is -0.740. The van der Waals surface area contributed by atoms with Gasteiger partial charge < -0.3 is 25.4 Å². The van der Waals surface area contributed by atoms with Gasteiger partial charge in [-0.15, -0.1) is 0 Å². The number of alkyl carbamates (subject to hydrolysis) is 1. The first-order valence-electron chi connectivity index (χ1n) is 6.86. The summed E-state index contributed by atoms with van der Waals surface area (Å²) in [6, 6.07) is 3.80. The van der Waals surface area contributed by atoms with E-state index >= 15 is 0 Å². The molecule has 4 N–H and O–H groups in total. The van der Waals surface area contributed by atoms with Crippen LogP contribution in [0.15, 0.2) is 18.2 Å². The van der Waals surface area contributed by atoms with Crippen LogP contribution < -0.4 is 5.32 Å². The Kier molecular flexibility index (Phi) is 6.28. The molecule has 2 unspecified atom stereocenters. The van der Waals surface area contributed by atoms with Crippen molar-refractivity contribution in [2.75, 3.05) is 6.54 Å². The van der Waals surface area contributed by atoms with Crippen LogP contribution in [0.3, 0.4) is 0 Å². The van der Waals surface area contributed by atoms with E-state index < -0.39 is 29.7 Å². The predicted molar refractivity (Wildman–Crippen MR) is 77.5 cm³/mol. The Hall–Kier alpha value is -1.70. The van der Waals surface area contributed by atoms with Crippen molar-refractivity contribution in [3.63, 3.8) is 0 Å². The summed E-state index contributed by atoms with van der Waals surface area (Å²) in [7, 11) is 0. The van der Waals surface area contributed by atoms with Crippen LogP contribution in [0.1, 0.15) is 38.0 Å². The third-order valence-electron chi connectivity index (χ3n) is 2.78. The zero-order chi connectivity index (χ0) is 16.9. The summed E-state index contributed by atoms with van der Waals surface area (Å²) in [6.07, 6.45) is -3.65. The minimum atomic E-state index is -1.51. The van der Waals surface area contributed by atoms with Crippen molar-refractivity contribution in [2.45, 2.75) is 45.2 Å². The molecule has 0 aliphatic heterocycles. The smallest absolute Gasteiger partial charge is 0.407 e. The van der Waals surface area contributed by atoms with Crippen molar-refractivity contribution in [2.24, 2.45) is 0 Å². The molecule has 2 atom stereocenters. The van der Waals surface area contributed by atoms with E-state index in [1.165, 1.54) is 12.1 Å². The van der Waals surface area contributed by atoms with Crippen LogP contribution in [-0.4, -0.2) is 39.7 Å². The molecule has 1 aromatic carbocycles. The van der Waals surface area contributed by atoms with E-state index in [0.717, 1.165) is 6.07 Å². The van der Waals surface area contributed by atoms with Crippen LogP contribution in [0.2, 0.25) is 0 Å². The number of aliphatic hydroxyl groups excluding tert-OH is 3. The zero-order valence-corrected chi connectivity index (χ0v) is 12.8. The van der Waals surface area contributed by atoms with Gasteiger partial charge in [-0.05, 0) is 32.4 Å². The Bertz CT molecular complexity index is 515. The average Bonchev–Trinajstić information content (AvgIpc) is 2.42. The SMILES string of the molecule is CC(C)(C)OC(=O)NCC(O)C(O)c1ccc(CO)cc1F. The third-order valence-corrected chi connectivity index (χ3v) is 2.78. The molecule has 0 aromatic heterocycles. The van der Waals surface area contributed by atoms with E-state index in [0.29, 0.717) is 5.56 Å². The molecule has 1 rings (SSSR count). The second-order valence-corrected chi connectivity index (χ2v) is 5.91. The van der Waals surface area contributed by atoms with E-state index in [9.17, 15) is 19.4 Å². The van der Waals surface area contributed by atoms with Crippen LogP contribution in [0.5, 0.6) is 0 Å². The van der Waals surface area contributed by atoms with E-state index in [1.54, 1.807) is 20.8 Å². The van der Waals surface area contributed by atoms with Gasteiger partial charge in [0.1, 0.15) is 23.6 Å². The summed E-state index contributed by atoms with van der Waals surface area (Å²) >= 11 is 0. The van der Waals surface area contributed by atoms with Crippen molar-refractivity contribution in [1.82, 2.24) is 5.32 Å². The minimum absolute atomic E-state index is 0.115. The normalized spacial score (nSPS) is 14.3. The van der Waals surface area contributed by atoms with Gasteiger partial charge in [0, 0.05) is 12.1 Å². The number of halogens is 1. The van der Waals surface area contributed by atoms with Gasteiger partial charge in [0.05, 0.1) is 6.61 Å². The van der Waals surface area contributed by atoms with Crippen LogP contribution >= 0.6 is 0 Å². The molecule has 0 heterocycles. The Labute approximate surface area is 128 Å². The number of carbonyl (C=O) groups is 1. The molecule has 1 amide bonds. The lowest BCUT2D eigenvalue weighted by molar-refractivity contribution is 0.0113. The first kappa shape index (κ1) is 18.3. The van der Waals surface area contributed by atoms with Gasteiger partial charge in [-0.2, -0.15) is 0 Å². The Morgan fingerprint density at radius 1 is 1.36 bits per heavy atom. The van der Waals surface area contributed by atoms with E-state index in [-0.39, 0.29) is 18.7 Å². The molecular weight excluding hydrogens is 293 g/mol. The number of hydrogen-bond donors (Lipinski definition) is 4. The number of nitrogens with one attached hydrogen (secondary N) is 1. The molecular formula is C15H22FNO5. The summed E-state index contributed by atoms with van der Waals surface area (Å²) in [4.78, 5) is 11.4. The number of amides is 1. The Morgan fingerprint density at radius 3 is 2.50 bits per heavy atom. The Morgan fingerprint density at radius 2 is 2.00 bits per heavy atom. The van der Waals surface area contributed by atoms with Crippen molar-refractivity contribution >= 4 is 6.09 Å². The molecule has 7 heteroatoms. The van der Waals surface area contributed by atoms with Crippen LogP contribution in [-0.2, 0) is 11.3 Å². The van der Waals surface area contributed by atoms with Gasteiger partial charge >= 0.3 is 6.09 Å². The first-order valence-corrected chi connectivity index (χ1v) is 6.86. The molecule has 0 bridgehead atoms. The van der Waals surface area contributed by atoms with E-state index in [1.807, 2.05) is 0 Å². The molecule has 1 aromatic rings. The summed E-state index contributed by atoms with van der Waals surface area (Å²) in [6.45, 7) is 4.45. The lowest BCUT2D eigenvalue weighted by atomic mass is 10.0. The van der Waals surface area contributed by atoms with Crippen LogP contribution in [0, 0.1) is 5.82 Å². The average molecular weight is 315 g/mol. The lowest BCUT2D eigenvalue weighted by Crippen LogP contribution is -2.39. The second kappa shape index (κ2) is 7.53. The molecule has 0 saturated heterocycles. The number of ether oxygens (including phenoxy) is 1. The molecule has 0 spiro atoms. The van der Waals surface area contributed by atoms with Gasteiger partial charge in [-0.1, -0.05) is 12.1 Å². The lowest BCUT2D eigenvalue weighted by Gasteiger charge is -2.22. The second-order valence-electron chi connectivity index (χ2n) is 5.91. The summed E-state index contributed by atoms with van der Waals surface area (Å²) < 4.78 is 18.8. The number of rotatable bonds is 5. The molecule has 0 aliphatic rings. The molecule has 6 nitrogen and oxygen atoms in total. The molecule has 0 aliphatic carbocycles. The highest BCUT2D eigenvalue weighted by Gasteiger charge is 2.23. The molecule has 0 saturated carbocycles. The maximum atomic E-state index is 13.8. The molecule has 0 fully saturated rings. The highest BCUT2D eigenvalue weighted by molar-refractivity contribution is 5.67. The van der Waals surface area contributed by atoms with Gasteiger partial charge in [-0.25, -0.2) is 9.18 Å². The predicted octanol–water partition coefficient (Wildman–Crippen LogP) is 1.24. The highest BCUT2D eigenvalue weighted by Crippen LogP contribution is 2.21. The number of hydrogen-bond acceptors (Lipinski definition) is 5. The van der Waals surface area contributed by atoms with Gasteiger partial charge in [0.2, 0.25) is 0 Å². The van der Waals surface area contributed by atoms with Gasteiger partial charge in [0.15, 0.2) is 0 Å². The fourth-order valence-electron chi connectivity index (χ4n) is 1.73.